The number of ether oxygens (including phenoxy) is 1. The Labute approximate surface area is 110 Å². The van der Waals surface area contributed by atoms with Crippen LogP contribution in [0.4, 0.5) is 0 Å². The molecule has 2 N–H and O–H groups in total. The lowest BCUT2D eigenvalue weighted by molar-refractivity contribution is -0.122. The summed E-state index contributed by atoms with van der Waals surface area (Å²) in [5.41, 5.74) is 0. The van der Waals surface area contributed by atoms with Crippen LogP contribution in [0, 0.1) is 5.92 Å². The quantitative estimate of drug-likeness (QED) is 0.645. The minimum atomic E-state index is 0.207. The van der Waals surface area contributed by atoms with E-state index in [0.29, 0.717) is 25.1 Å². The van der Waals surface area contributed by atoms with E-state index in [9.17, 15) is 4.79 Å². The summed E-state index contributed by atoms with van der Waals surface area (Å²) in [4.78, 5) is 11.3. The van der Waals surface area contributed by atoms with Crippen molar-refractivity contribution in [3.8, 4) is 0 Å². The van der Waals surface area contributed by atoms with Crippen LogP contribution < -0.4 is 10.6 Å². The molecular weight excluding hydrogens is 228 g/mol. The highest BCUT2D eigenvalue weighted by atomic mass is 16.5. The van der Waals surface area contributed by atoms with Crippen molar-refractivity contribution in [2.75, 3.05) is 26.3 Å². The van der Waals surface area contributed by atoms with Crippen LogP contribution >= 0.6 is 0 Å². The summed E-state index contributed by atoms with van der Waals surface area (Å²) in [5.74, 6) is 0.511. The van der Waals surface area contributed by atoms with Crippen molar-refractivity contribution in [1.29, 1.82) is 0 Å². The Morgan fingerprint density at radius 1 is 1.00 bits per heavy atom. The first kappa shape index (κ1) is 13.8. The second kappa shape index (κ2) is 7.74. The van der Waals surface area contributed by atoms with E-state index < -0.39 is 0 Å². The van der Waals surface area contributed by atoms with Gasteiger partial charge >= 0.3 is 0 Å². The molecule has 0 bridgehead atoms. The van der Waals surface area contributed by atoms with E-state index in [1.54, 1.807) is 0 Å². The third-order valence-corrected chi connectivity index (χ3v) is 3.78. The zero-order valence-electron chi connectivity index (χ0n) is 11.2. The van der Waals surface area contributed by atoms with E-state index in [2.05, 4.69) is 10.6 Å². The van der Waals surface area contributed by atoms with Gasteiger partial charge in [0.2, 0.25) is 5.91 Å². The predicted octanol–water partition coefficient (Wildman–Crippen LogP) is 1.45. The van der Waals surface area contributed by atoms with Gasteiger partial charge in [0.1, 0.15) is 0 Å². The maximum Gasteiger partial charge on any atom is 0.223 e. The van der Waals surface area contributed by atoms with Gasteiger partial charge < -0.3 is 15.4 Å². The van der Waals surface area contributed by atoms with E-state index >= 15 is 0 Å². The highest BCUT2D eigenvalue weighted by Crippen LogP contribution is 2.28. The molecule has 0 spiro atoms. The molecule has 2 saturated carbocycles. The normalized spacial score (nSPS) is 20.9. The standard InChI is InChI=1S/C14H26N2O2/c17-14(12-6-7-12)16-9-11-18-10-8-15-13-4-2-1-3-5-13/h12-13,15H,1-11H2,(H,16,17). The van der Waals surface area contributed by atoms with Crippen molar-refractivity contribution in [3.63, 3.8) is 0 Å². The van der Waals surface area contributed by atoms with Crippen molar-refractivity contribution in [1.82, 2.24) is 10.6 Å². The smallest absolute Gasteiger partial charge is 0.223 e. The lowest BCUT2D eigenvalue weighted by Gasteiger charge is -2.22. The van der Waals surface area contributed by atoms with Gasteiger partial charge in [-0.3, -0.25) is 4.79 Å². The molecule has 104 valence electrons. The van der Waals surface area contributed by atoms with Crippen LogP contribution in [0.15, 0.2) is 0 Å². The van der Waals surface area contributed by atoms with Gasteiger partial charge in [-0.2, -0.15) is 0 Å². The molecule has 4 nitrogen and oxygen atoms in total. The van der Waals surface area contributed by atoms with Gasteiger partial charge in [0.25, 0.3) is 0 Å². The molecule has 2 rings (SSSR count). The summed E-state index contributed by atoms with van der Waals surface area (Å²) in [7, 11) is 0. The van der Waals surface area contributed by atoms with Crippen LogP contribution in [0.2, 0.25) is 0 Å². The van der Waals surface area contributed by atoms with Crippen LogP contribution in [-0.2, 0) is 9.53 Å². The predicted molar refractivity (Wildman–Crippen MR) is 71.4 cm³/mol. The highest BCUT2D eigenvalue weighted by molar-refractivity contribution is 5.80. The van der Waals surface area contributed by atoms with E-state index in [-0.39, 0.29) is 5.91 Å². The average Bonchev–Trinajstić information content (AvgIpc) is 3.23. The average molecular weight is 254 g/mol. The Morgan fingerprint density at radius 2 is 1.72 bits per heavy atom. The third-order valence-electron chi connectivity index (χ3n) is 3.78. The SMILES string of the molecule is O=C(NCCOCCNC1CCCCC1)C1CC1. The number of carbonyl (C=O) groups is 1. The Kier molecular flexibility index (Phi) is 5.94. The zero-order valence-corrected chi connectivity index (χ0v) is 11.2. The van der Waals surface area contributed by atoms with E-state index in [4.69, 9.17) is 4.74 Å². The number of nitrogens with one attached hydrogen (secondary N) is 2. The second-order valence-corrected chi connectivity index (χ2v) is 5.47. The van der Waals surface area contributed by atoms with Crippen LogP contribution in [-0.4, -0.2) is 38.3 Å². The summed E-state index contributed by atoms with van der Waals surface area (Å²) < 4.78 is 5.50. The summed E-state index contributed by atoms with van der Waals surface area (Å²) in [6.45, 7) is 2.96. The first-order valence-corrected chi connectivity index (χ1v) is 7.45. The molecule has 18 heavy (non-hydrogen) atoms. The number of rotatable bonds is 8. The third kappa shape index (κ3) is 5.36. The van der Waals surface area contributed by atoms with E-state index in [1.807, 2.05) is 0 Å². The van der Waals surface area contributed by atoms with Gasteiger partial charge in [-0.25, -0.2) is 0 Å². The number of hydrogen-bond acceptors (Lipinski definition) is 3. The maximum absolute atomic E-state index is 11.3. The van der Waals surface area contributed by atoms with E-state index in [0.717, 1.165) is 26.0 Å². The first-order valence-electron chi connectivity index (χ1n) is 7.45. The number of hydrogen-bond donors (Lipinski definition) is 2. The molecular formula is C14H26N2O2. The molecule has 2 aliphatic carbocycles. The Morgan fingerprint density at radius 3 is 2.44 bits per heavy atom. The molecule has 1 amide bonds. The molecule has 0 radical (unpaired) electrons. The fourth-order valence-corrected chi connectivity index (χ4v) is 2.48. The lowest BCUT2D eigenvalue weighted by atomic mass is 9.96. The molecule has 2 aliphatic rings. The lowest BCUT2D eigenvalue weighted by Crippen LogP contribution is -2.34. The topological polar surface area (TPSA) is 50.4 Å². The van der Waals surface area contributed by atoms with Crippen LogP contribution in [0.1, 0.15) is 44.9 Å². The monoisotopic (exact) mass is 254 g/mol. The fraction of sp³-hybridized carbons (Fsp3) is 0.929. The van der Waals surface area contributed by atoms with Gasteiger partial charge in [0.15, 0.2) is 0 Å². The van der Waals surface area contributed by atoms with Crippen molar-refractivity contribution >= 4 is 5.91 Å². The molecule has 0 heterocycles. The molecule has 0 atom stereocenters. The summed E-state index contributed by atoms with van der Waals surface area (Å²) in [5, 5.41) is 6.44. The van der Waals surface area contributed by atoms with Crippen molar-refractivity contribution in [3.05, 3.63) is 0 Å². The van der Waals surface area contributed by atoms with Crippen LogP contribution in [0.5, 0.6) is 0 Å². The molecule has 2 fully saturated rings. The van der Waals surface area contributed by atoms with E-state index in [1.165, 1.54) is 32.1 Å². The Balaban J connectivity index is 1.35. The molecule has 4 heteroatoms. The highest BCUT2D eigenvalue weighted by Gasteiger charge is 2.28. The molecule has 0 aromatic rings. The van der Waals surface area contributed by atoms with Crippen molar-refractivity contribution in [2.45, 2.75) is 51.0 Å². The Bertz CT molecular complexity index is 248. The first-order chi connectivity index (χ1) is 8.86. The molecule has 0 aliphatic heterocycles. The summed E-state index contributed by atoms with van der Waals surface area (Å²) in [6, 6.07) is 0.705. The molecule has 0 unspecified atom stereocenters. The number of carbonyl (C=O) groups excluding carboxylic acids is 1. The zero-order chi connectivity index (χ0) is 12.6. The summed E-state index contributed by atoms with van der Waals surface area (Å²) >= 11 is 0. The molecule has 0 saturated heterocycles. The fourth-order valence-electron chi connectivity index (χ4n) is 2.48. The second-order valence-electron chi connectivity index (χ2n) is 5.47. The van der Waals surface area contributed by atoms with Crippen LogP contribution in [0.3, 0.4) is 0 Å². The van der Waals surface area contributed by atoms with Crippen molar-refractivity contribution < 1.29 is 9.53 Å². The van der Waals surface area contributed by atoms with Gasteiger partial charge in [0, 0.05) is 25.0 Å². The molecule has 0 aromatic carbocycles. The minimum Gasteiger partial charge on any atom is -0.378 e. The van der Waals surface area contributed by atoms with Gasteiger partial charge in [-0.15, -0.1) is 0 Å². The van der Waals surface area contributed by atoms with Gasteiger partial charge in [-0.05, 0) is 25.7 Å². The maximum atomic E-state index is 11.3. The largest absolute Gasteiger partial charge is 0.378 e. The molecule has 0 aromatic heterocycles. The van der Waals surface area contributed by atoms with Crippen LogP contribution in [0.25, 0.3) is 0 Å². The van der Waals surface area contributed by atoms with Crippen molar-refractivity contribution in [2.24, 2.45) is 5.92 Å². The number of amides is 1. The minimum absolute atomic E-state index is 0.207. The summed E-state index contributed by atoms with van der Waals surface area (Å²) in [6.07, 6.45) is 8.90. The van der Waals surface area contributed by atoms with Gasteiger partial charge in [-0.1, -0.05) is 19.3 Å². The van der Waals surface area contributed by atoms with Gasteiger partial charge in [0.05, 0.1) is 13.2 Å². The Hall–Kier alpha value is -0.610.